The number of hydrogen-bond donors (Lipinski definition) is 3. The lowest BCUT2D eigenvalue weighted by Gasteiger charge is -2.22. The predicted octanol–water partition coefficient (Wildman–Crippen LogP) is 1.97. The van der Waals surface area contributed by atoms with Gasteiger partial charge in [-0.3, -0.25) is 14.9 Å². The third-order valence-electron chi connectivity index (χ3n) is 2.97. The molecule has 1 unspecified atom stereocenters. The number of rotatable bonds is 6. The van der Waals surface area contributed by atoms with E-state index in [1.807, 2.05) is 25.1 Å². The van der Waals surface area contributed by atoms with E-state index in [4.69, 9.17) is 16.7 Å². The zero-order valence-corrected chi connectivity index (χ0v) is 12.5. The van der Waals surface area contributed by atoms with Crippen molar-refractivity contribution in [1.29, 1.82) is 0 Å². The van der Waals surface area contributed by atoms with Crippen LogP contribution in [0.15, 0.2) is 24.3 Å². The van der Waals surface area contributed by atoms with E-state index in [1.54, 1.807) is 6.07 Å². The van der Waals surface area contributed by atoms with Crippen LogP contribution in [0.4, 0.5) is 0 Å². The van der Waals surface area contributed by atoms with Crippen molar-refractivity contribution in [3.63, 3.8) is 0 Å². The minimum Gasteiger partial charge on any atom is -0.480 e. The van der Waals surface area contributed by atoms with Crippen molar-refractivity contribution in [2.75, 3.05) is 6.54 Å². The molecule has 110 valence electrons. The Morgan fingerprint density at radius 3 is 2.50 bits per heavy atom. The average molecular weight is 299 g/mol. The highest BCUT2D eigenvalue weighted by Crippen LogP contribution is 2.21. The first-order valence-electron chi connectivity index (χ1n) is 6.26. The highest BCUT2D eigenvalue weighted by molar-refractivity contribution is 6.31. The molecular formula is C14H19ClN2O3. The number of carboxylic acids is 1. The van der Waals surface area contributed by atoms with Crippen molar-refractivity contribution >= 4 is 23.5 Å². The van der Waals surface area contributed by atoms with Gasteiger partial charge >= 0.3 is 5.97 Å². The van der Waals surface area contributed by atoms with Gasteiger partial charge in [0.15, 0.2) is 0 Å². The molecule has 1 rings (SSSR count). The molecule has 1 amide bonds. The van der Waals surface area contributed by atoms with Crippen molar-refractivity contribution in [2.24, 2.45) is 0 Å². The molecule has 3 N–H and O–H groups in total. The van der Waals surface area contributed by atoms with Gasteiger partial charge in [0.05, 0.1) is 12.6 Å². The predicted molar refractivity (Wildman–Crippen MR) is 77.7 cm³/mol. The number of benzene rings is 1. The molecule has 20 heavy (non-hydrogen) atoms. The van der Waals surface area contributed by atoms with E-state index in [9.17, 15) is 9.59 Å². The molecule has 5 nitrogen and oxygen atoms in total. The number of carboxylic acid groups (broad SMARTS) is 1. The van der Waals surface area contributed by atoms with Gasteiger partial charge in [0.2, 0.25) is 5.91 Å². The Morgan fingerprint density at radius 1 is 1.35 bits per heavy atom. The number of halogens is 1. The van der Waals surface area contributed by atoms with Gasteiger partial charge < -0.3 is 10.4 Å². The van der Waals surface area contributed by atoms with E-state index in [1.165, 1.54) is 13.8 Å². The highest BCUT2D eigenvalue weighted by atomic mass is 35.5. The summed E-state index contributed by atoms with van der Waals surface area (Å²) < 4.78 is 0. The molecule has 1 aromatic carbocycles. The molecule has 0 fully saturated rings. The van der Waals surface area contributed by atoms with Gasteiger partial charge in [0, 0.05) is 5.02 Å². The van der Waals surface area contributed by atoms with Crippen LogP contribution in [0.2, 0.25) is 5.02 Å². The van der Waals surface area contributed by atoms with Crippen molar-refractivity contribution < 1.29 is 14.7 Å². The topological polar surface area (TPSA) is 78.4 Å². The van der Waals surface area contributed by atoms with Crippen LogP contribution in [0, 0.1) is 0 Å². The van der Waals surface area contributed by atoms with Gasteiger partial charge in [-0.15, -0.1) is 0 Å². The molecule has 0 aromatic heterocycles. The second-order valence-corrected chi connectivity index (χ2v) is 5.50. The molecule has 0 saturated heterocycles. The number of carbonyl (C=O) groups excluding carboxylic acids is 1. The number of amides is 1. The highest BCUT2D eigenvalue weighted by Gasteiger charge is 2.27. The van der Waals surface area contributed by atoms with E-state index in [0.717, 1.165) is 5.56 Å². The molecule has 0 heterocycles. The molecule has 0 aliphatic carbocycles. The standard InChI is InChI=1S/C14H19ClN2O3/c1-9(10-6-4-5-7-11(10)15)17-12(18)8-16-14(2,3)13(19)20/h4-7,9,16H,8H2,1-3H3,(H,17,18)(H,19,20). The molecule has 0 radical (unpaired) electrons. The SMILES string of the molecule is CC(NC(=O)CNC(C)(C)C(=O)O)c1ccccc1Cl. The maximum atomic E-state index is 11.8. The lowest BCUT2D eigenvalue weighted by Crippen LogP contribution is -2.50. The molecule has 6 heteroatoms. The Balaban J connectivity index is 2.55. The molecule has 0 bridgehead atoms. The first-order valence-corrected chi connectivity index (χ1v) is 6.64. The van der Waals surface area contributed by atoms with Crippen molar-refractivity contribution in [3.8, 4) is 0 Å². The van der Waals surface area contributed by atoms with Crippen LogP contribution in [-0.4, -0.2) is 29.1 Å². The Bertz CT molecular complexity index is 503. The first kappa shape index (κ1) is 16.5. The largest absolute Gasteiger partial charge is 0.480 e. The average Bonchev–Trinajstić information content (AvgIpc) is 2.36. The zero-order valence-electron chi connectivity index (χ0n) is 11.7. The van der Waals surface area contributed by atoms with Crippen LogP contribution >= 0.6 is 11.6 Å². The smallest absolute Gasteiger partial charge is 0.323 e. The summed E-state index contributed by atoms with van der Waals surface area (Å²) in [6.45, 7) is 4.75. The van der Waals surface area contributed by atoms with Gasteiger partial charge in [0.25, 0.3) is 0 Å². The summed E-state index contributed by atoms with van der Waals surface area (Å²) >= 11 is 6.05. The van der Waals surface area contributed by atoms with Crippen molar-refractivity contribution in [2.45, 2.75) is 32.4 Å². The minimum absolute atomic E-state index is 0.0753. The maximum Gasteiger partial charge on any atom is 0.323 e. The van der Waals surface area contributed by atoms with E-state index in [-0.39, 0.29) is 18.5 Å². The summed E-state index contributed by atoms with van der Waals surface area (Å²) in [4.78, 5) is 22.7. The lowest BCUT2D eigenvalue weighted by atomic mass is 10.1. The molecule has 1 atom stereocenters. The fourth-order valence-corrected chi connectivity index (χ4v) is 1.87. The lowest BCUT2D eigenvalue weighted by molar-refractivity contribution is -0.143. The van der Waals surface area contributed by atoms with Gasteiger partial charge in [-0.05, 0) is 32.4 Å². The monoisotopic (exact) mass is 298 g/mol. The van der Waals surface area contributed by atoms with E-state index in [2.05, 4.69) is 10.6 Å². The molecular weight excluding hydrogens is 280 g/mol. The molecule has 0 saturated carbocycles. The van der Waals surface area contributed by atoms with Crippen LogP contribution in [0.5, 0.6) is 0 Å². The summed E-state index contributed by atoms with van der Waals surface area (Å²) in [5, 5.41) is 15.0. The summed E-state index contributed by atoms with van der Waals surface area (Å²) in [6.07, 6.45) is 0. The van der Waals surface area contributed by atoms with Crippen LogP contribution < -0.4 is 10.6 Å². The quantitative estimate of drug-likeness (QED) is 0.750. The normalized spacial score (nSPS) is 12.8. The minimum atomic E-state index is -1.15. The summed E-state index contributed by atoms with van der Waals surface area (Å²) in [5.41, 5.74) is -0.328. The number of hydrogen-bond acceptors (Lipinski definition) is 3. The van der Waals surface area contributed by atoms with Crippen molar-refractivity contribution in [1.82, 2.24) is 10.6 Å². The Labute approximate surface area is 123 Å². The third-order valence-corrected chi connectivity index (χ3v) is 3.32. The Morgan fingerprint density at radius 2 is 1.95 bits per heavy atom. The van der Waals surface area contributed by atoms with Crippen LogP contribution in [0.3, 0.4) is 0 Å². The van der Waals surface area contributed by atoms with E-state index < -0.39 is 11.5 Å². The number of nitrogens with one attached hydrogen (secondary N) is 2. The third kappa shape index (κ3) is 4.51. The molecule has 0 aliphatic rings. The van der Waals surface area contributed by atoms with E-state index in [0.29, 0.717) is 5.02 Å². The molecule has 0 aliphatic heterocycles. The summed E-state index contributed by atoms with van der Waals surface area (Å²) in [6, 6.07) is 7.01. The second kappa shape index (κ2) is 6.72. The van der Waals surface area contributed by atoms with Crippen molar-refractivity contribution in [3.05, 3.63) is 34.9 Å². The number of aliphatic carboxylic acids is 1. The van der Waals surface area contributed by atoms with E-state index >= 15 is 0 Å². The number of carbonyl (C=O) groups is 2. The molecule has 1 aromatic rings. The van der Waals surface area contributed by atoms with Gasteiger partial charge in [-0.1, -0.05) is 29.8 Å². The molecule has 0 spiro atoms. The second-order valence-electron chi connectivity index (χ2n) is 5.09. The van der Waals surface area contributed by atoms with Crippen LogP contribution in [0.25, 0.3) is 0 Å². The van der Waals surface area contributed by atoms with Gasteiger partial charge in [-0.25, -0.2) is 0 Å². The first-order chi connectivity index (χ1) is 9.24. The summed E-state index contributed by atoms with van der Waals surface area (Å²) in [5.74, 6) is -1.30. The van der Waals surface area contributed by atoms with Crippen LogP contribution in [-0.2, 0) is 9.59 Å². The van der Waals surface area contributed by atoms with Gasteiger partial charge in [-0.2, -0.15) is 0 Å². The van der Waals surface area contributed by atoms with Gasteiger partial charge in [0.1, 0.15) is 5.54 Å². The fourth-order valence-electron chi connectivity index (χ4n) is 1.57. The maximum absolute atomic E-state index is 11.8. The summed E-state index contributed by atoms with van der Waals surface area (Å²) in [7, 11) is 0. The zero-order chi connectivity index (χ0) is 15.3. The van der Waals surface area contributed by atoms with Crippen LogP contribution in [0.1, 0.15) is 32.4 Å². The Kier molecular flexibility index (Phi) is 5.53. The fraction of sp³-hybridized carbons (Fsp3) is 0.429. The Hall–Kier alpha value is -1.59.